The molecule has 6 nitrogen and oxygen atoms in total. The zero-order chi connectivity index (χ0) is 16.1. The van der Waals surface area contributed by atoms with E-state index in [1.807, 2.05) is 23.9 Å². The summed E-state index contributed by atoms with van der Waals surface area (Å²) < 4.78 is 28.1. The van der Waals surface area contributed by atoms with Crippen LogP contribution in [0.3, 0.4) is 0 Å². The van der Waals surface area contributed by atoms with E-state index in [2.05, 4.69) is 15.5 Å². The molecule has 0 aromatic carbocycles. The van der Waals surface area contributed by atoms with E-state index < -0.39 is 6.43 Å². The molecule has 8 heteroatoms. The fourth-order valence-corrected chi connectivity index (χ4v) is 2.05. The second kappa shape index (κ2) is 7.15. The second-order valence-corrected chi connectivity index (χ2v) is 5.09. The number of nitrogens with zero attached hydrogens (tertiary/aromatic N) is 4. The van der Waals surface area contributed by atoms with Gasteiger partial charge in [-0.15, -0.1) is 0 Å². The van der Waals surface area contributed by atoms with Crippen molar-refractivity contribution < 1.29 is 13.6 Å². The highest BCUT2D eigenvalue weighted by Gasteiger charge is 2.14. The van der Waals surface area contributed by atoms with Crippen LogP contribution in [0.25, 0.3) is 0 Å². The number of aryl methyl sites for hydroxylation is 3. The van der Waals surface area contributed by atoms with Crippen LogP contribution >= 0.6 is 0 Å². The van der Waals surface area contributed by atoms with Crippen LogP contribution in [0.4, 0.5) is 8.78 Å². The summed E-state index contributed by atoms with van der Waals surface area (Å²) in [7, 11) is 0. The molecule has 0 radical (unpaired) electrons. The van der Waals surface area contributed by atoms with Gasteiger partial charge in [0.15, 0.2) is 0 Å². The van der Waals surface area contributed by atoms with E-state index >= 15 is 0 Å². The van der Waals surface area contributed by atoms with Crippen LogP contribution in [-0.2, 0) is 17.9 Å². The number of hydrogen-bond acceptors (Lipinski definition) is 3. The van der Waals surface area contributed by atoms with Crippen LogP contribution in [0.1, 0.15) is 29.9 Å². The lowest BCUT2D eigenvalue weighted by atomic mass is 10.4. The Morgan fingerprint density at radius 3 is 2.73 bits per heavy atom. The maximum Gasteiger partial charge on any atom is 0.282 e. The number of carbonyl (C=O) groups is 1. The van der Waals surface area contributed by atoms with Crippen molar-refractivity contribution in [2.45, 2.75) is 39.8 Å². The van der Waals surface area contributed by atoms with Crippen molar-refractivity contribution >= 4 is 5.91 Å². The lowest BCUT2D eigenvalue weighted by Crippen LogP contribution is -2.29. The minimum Gasteiger partial charge on any atom is -0.354 e. The van der Waals surface area contributed by atoms with Crippen molar-refractivity contribution in [3.8, 4) is 0 Å². The quantitative estimate of drug-likeness (QED) is 0.794. The van der Waals surface area contributed by atoms with E-state index in [9.17, 15) is 13.6 Å². The van der Waals surface area contributed by atoms with Gasteiger partial charge in [-0.1, -0.05) is 0 Å². The van der Waals surface area contributed by atoms with Crippen molar-refractivity contribution in [1.29, 1.82) is 0 Å². The van der Waals surface area contributed by atoms with Gasteiger partial charge in [0.25, 0.3) is 6.43 Å². The van der Waals surface area contributed by atoms with Crippen molar-refractivity contribution in [2.75, 3.05) is 6.54 Å². The topological polar surface area (TPSA) is 64.7 Å². The molecule has 0 spiro atoms. The summed E-state index contributed by atoms with van der Waals surface area (Å²) in [5.41, 5.74) is 1.19. The molecular weight excluding hydrogens is 292 g/mol. The molecule has 0 aliphatic carbocycles. The smallest absolute Gasteiger partial charge is 0.282 e. The monoisotopic (exact) mass is 311 g/mol. The molecule has 0 aliphatic heterocycles. The summed E-state index contributed by atoms with van der Waals surface area (Å²) in [5.74, 6) is -0.247. The van der Waals surface area contributed by atoms with Crippen LogP contribution < -0.4 is 5.32 Å². The highest BCUT2D eigenvalue weighted by Crippen LogP contribution is 2.17. The maximum absolute atomic E-state index is 12.5. The number of rotatable bonds is 7. The summed E-state index contributed by atoms with van der Waals surface area (Å²) in [5, 5.41) is 10.7. The first-order valence-electron chi connectivity index (χ1n) is 7.05. The number of amides is 1. The number of carbonyl (C=O) groups excluding carboxylic acids is 1. The predicted octanol–water partition coefficient (Wildman–Crippen LogP) is 1.84. The van der Waals surface area contributed by atoms with Crippen LogP contribution in [0, 0.1) is 13.8 Å². The minimum atomic E-state index is -2.62. The minimum absolute atomic E-state index is 0.0561. The summed E-state index contributed by atoms with van der Waals surface area (Å²) in [6.45, 7) is 4.72. The van der Waals surface area contributed by atoms with Crippen molar-refractivity contribution in [3.63, 3.8) is 0 Å². The van der Waals surface area contributed by atoms with E-state index in [1.54, 1.807) is 6.92 Å². The average Bonchev–Trinajstić information content (AvgIpc) is 3.02. The van der Waals surface area contributed by atoms with Gasteiger partial charge < -0.3 is 5.32 Å². The summed E-state index contributed by atoms with van der Waals surface area (Å²) in [6.07, 6.45) is 0.00383. The molecule has 0 atom stereocenters. The van der Waals surface area contributed by atoms with Gasteiger partial charge in [0.1, 0.15) is 12.2 Å². The van der Waals surface area contributed by atoms with E-state index in [0.717, 1.165) is 12.1 Å². The molecule has 2 aromatic heterocycles. The highest BCUT2D eigenvalue weighted by molar-refractivity contribution is 5.75. The first-order chi connectivity index (χ1) is 10.5. The third-order valence-electron chi connectivity index (χ3n) is 3.18. The van der Waals surface area contributed by atoms with Gasteiger partial charge in [-0.25, -0.2) is 8.78 Å². The normalized spacial score (nSPS) is 11.1. The summed E-state index contributed by atoms with van der Waals surface area (Å²) in [6, 6.07) is 3.21. The molecule has 0 bridgehead atoms. The third kappa shape index (κ3) is 4.37. The molecule has 2 aromatic rings. The van der Waals surface area contributed by atoms with Gasteiger partial charge >= 0.3 is 0 Å². The Morgan fingerprint density at radius 2 is 2.14 bits per heavy atom. The second-order valence-electron chi connectivity index (χ2n) is 5.09. The Bertz CT molecular complexity index is 635. The van der Waals surface area contributed by atoms with Crippen molar-refractivity contribution in [3.05, 3.63) is 35.4 Å². The summed E-state index contributed by atoms with van der Waals surface area (Å²) >= 11 is 0. The van der Waals surface area contributed by atoms with Gasteiger partial charge in [-0.05, 0) is 32.4 Å². The molecule has 0 saturated carbocycles. The fourth-order valence-electron chi connectivity index (χ4n) is 2.05. The molecule has 1 N–H and O–H groups in total. The van der Waals surface area contributed by atoms with E-state index in [0.29, 0.717) is 18.8 Å². The Labute approximate surface area is 127 Å². The molecule has 2 heterocycles. The molecule has 0 fully saturated rings. The maximum atomic E-state index is 12.5. The molecule has 1 amide bonds. The number of aromatic nitrogens is 4. The first kappa shape index (κ1) is 16.1. The van der Waals surface area contributed by atoms with Crippen LogP contribution in [-0.4, -0.2) is 32.0 Å². The number of nitrogens with one attached hydrogen (secondary N) is 1. The standard InChI is InChI=1S/C14H19F2N5O/c1-10-4-7-20(18-10)6-3-5-17-13(22)9-21-11(2)8-12(19-21)14(15)16/h4,7-8,14H,3,5-6,9H2,1-2H3,(H,17,22). The highest BCUT2D eigenvalue weighted by atomic mass is 19.3. The SMILES string of the molecule is Cc1ccn(CCCNC(=O)Cn2nc(C(F)F)cc2C)n1. The molecule has 120 valence electrons. The Morgan fingerprint density at radius 1 is 1.36 bits per heavy atom. The van der Waals surface area contributed by atoms with Crippen molar-refractivity contribution in [2.24, 2.45) is 0 Å². The molecular formula is C14H19F2N5O. The van der Waals surface area contributed by atoms with Crippen LogP contribution in [0.5, 0.6) is 0 Å². The zero-order valence-electron chi connectivity index (χ0n) is 12.6. The molecule has 0 saturated heterocycles. The average molecular weight is 311 g/mol. The zero-order valence-corrected chi connectivity index (χ0v) is 12.6. The lowest BCUT2D eigenvalue weighted by Gasteiger charge is -2.07. The Hall–Kier alpha value is -2.25. The van der Waals surface area contributed by atoms with Crippen LogP contribution in [0.2, 0.25) is 0 Å². The van der Waals surface area contributed by atoms with E-state index in [4.69, 9.17) is 0 Å². The largest absolute Gasteiger partial charge is 0.354 e. The number of alkyl halides is 2. The van der Waals surface area contributed by atoms with Gasteiger partial charge in [0, 0.05) is 25.0 Å². The Kier molecular flexibility index (Phi) is 5.24. The molecule has 0 aliphatic rings. The first-order valence-corrected chi connectivity index (χ1v) is 7.05. The Balaban J connectivity index is 1.73. The van der Waals surface area contributed by atoms with E-state index in [-0.39, 0.29) is 18.1 Å². The fraction of sp³-hybridized carbons (Fsp3) is 0.500. The van der Waals surface area contributed by atoms with Gasteiger partial charge in [-0.3, -0.25) is 14.2 Å². The predicted molar refractivity (Wildman–Crippen MR) is 76.5 cm³/mol. The van der Waals surface area contributed by atoms with Crippen LogP contribution in [0.15, 0.2) is 18.3 Å². The molecule has 22 heavy (non-hydrogen) atoms. The van der Waals surface area contributed by atoms with Crippen molar-refractivity contribution in [1.82, 2.24) is 24.9 Å². The van der Waals surface area contributed by atoms with Gasteiger partial charge in [0.05, 0.1) is 5.69 Å². The summed E-state index contributed by atoms with van der Waals surface area (Å²) in [4.78, 5) is 11.8. The molecule has 2 rings (SSSR count). The van der Waals surface area contributed by atoms with Gasteiger partial charge in [0.2, 0.25) is 5.91 Å². The lowest BCUT2D eigenvalue weighted by molar-refractivity contribution is -0.121. The third-order valence-corrected chi connectivity index (χ3v) is 3.18. The van der Waals surface area contributed by atoms with E-state index in [1.165, 1.54) is 10.7 Å². The number of halogens is 2. The number of hydrogen-bond donors (Lipinski definition) is 1. The van der Waals surface area contributed by atoms with Gasteiger partial charge in [-0.2, -0.15) is 10.2 Å². The molecule has 0 unspecified atom stereocenters.